The second kappa shape index (κ2) is 5.19. The van der Waals surface area contributed by atoms with E-state index in [1.54, 1.807) is 6.26 Å². The predicted octanol–water partition coefficient (Wildman–Crippen LogP) is 3.79. The zero-order valence-electron chi connectivity index (χ0n) is 10.7. The molecule has 0 atom stereocenters. The Labute approximate surface area is 103 Å². The zero-order chi connectivity index (χ0) is 12.3. The van der Waals surface area contributed by atoms with Gasteiger partial charge in [0.2, 0.25) is 0 Å². The summed E-state index contributed by atoms with van der Waals surface area (Å²) in [6.45, 7) is 5.17. The van der Waals surface area contributed by atoms with Gasteiger partial charge in [-0.05, 0) is 30.2 Å². The van der Waals surface area contributed by atoms with E-state index in [1.165, 1.54) is 16.7 Å². The fraction of sp³-hybridized carbons (Fsp3) is 0.333. The lowest BCUT2D eigenvalue weighted by Crippen LogP contribution is -2.04. The van der Waals surface area contributed by atoms with E-state index in [2.05, 4.69) is 43.4 Å². The summed E-state index contributed by atoms with van der Waals surface area (Å²) in [6.07, 6.45) is 1.75. The second-order valence-electron chi connectivity index (χ2n) is 4.56. The Bertz CT molecular complexity index is 468. The van der Waals surface area contributed by atoms with Crippen LogP contribution in [0.2, 0.25) is 0 Å². The maximum Gasteiger partial charge on any atom is 0.125 e. The molecule has 0 aliphatic rings. The Morgan fingerprint density at radius 3 is 2.41 bits per heavy atom. The van der Waals surface area contributed by atoms with E-state index < -0.39 is 0 Å². The van der Waals surface area contributed by atoms with Gasteiger partial charge in [0.1, 0.15) is 5.76 Å². The SMILES string of the molecule is CNCc1occc1-c1ccc(C(C)C)cc1. The quantitative estimate of drug-likeness (QED) is 0.863. The molecule has 0 fully saturated rings. The van der Waals surface area contributed by atoms with Gasteiger partial charge in [-0.1, -0.05) is 38.1 Å². The third-order valence-corrected chi connectivity index (χ3v) is 2.97. The molecule has 1 aromatic carbocycles. The Hall–Kier alpha value is -1.54. The number of hydrogen-bond donors (Lipinski definition) is 1. The lowest BCUT2D eigenvalue weighted by molar-refractivity contribution is 0.497. The van der Waals surface area contributed by atoms with Crippen LogP contribution in [-0.4, -0.2) is 7.05 Å². The van der Waals surface area contributed by atoms with Crippen molar-refractivity contribution >= 4 is 0 Å². The summed E-state index contributed by atoms with van der Waals surface area (Å²) in [6, 6.07) is 10.7. The number of rotatable bonds is 4. The Kier molecular flexibility index (Phi) is 3.64. The fourth-order valence-electron chi connectivity index (χ4n) is 1.94. The van der Waals surface area contributed by atoms with Crippen molar-refractivity contribution in [3.05, 3.63) is 47.9 Å². The first-order valence-electron chi connectivity index (χ1n) is 6.03. The van der Waals surface area contributed by atoms with Crippen LogP contribution >= 0.6 is 0 Å². The van der Waals surface area contributed by atoms with Crippen LogP contribution in [0.5, 0.6) is 0 Å². The molecule has 0 radical (unpaired) electrons. The molecule has 1 aromatic heterocycles. The minimum Gasteiger partial charge on any atom is -0.467 e. The van der Waals surface area contributed by atoms with Crippen LogP contribution in [-0.2, 0) is 6.54 Å². The van der Waals surface area contributed by atoms with Crippen molar-refractivity contribution < 1.29 is 4.42 Å². The maximum absolute atomic E-state index is 5.47. The largest absolute Gasteiger partial charge is 0.467 e. The molecule has 2 rings (SSSR count). The highest BCUT2D eigenvalue weighted by atomic mass is 16.3. The van der Waals surface area contributed by atoms with Gasteiger partial charge in [0, 0.05) is 5.56 Å². The normalized spacial score (nSPS) is 11.1. The van der Waals surface area contributed by atoms with Crippen molar-refractivity contribution in [2.24, 2.45) is 0 Å². The topological polar surface area (TPSA) is 25.2 Å². The summed E-state index contributed by atoms with van der Waals surface area (Å²) in [5.74, 6) is 1.56. The van der Waals surface area contributed by atoms with E-state index in [0.29, 0.717) is 5.92 Å². The molecule has 0 spiro atoms. The van der Waals surface area contributed by atoms with E-state index in [9.17, 15) is 0 Å². The average molecular weight is 229 g/mol. The lowest BCUT2D eigenvalue weighted by Gasteiger charge is -2.07. The van der Waals surface area contributed by atoms with Gasteiger partial charge >= 0.3 is 0 Å². The van der Waals surface area contributed by atoms with E-state index in [4.69, 9.17) is 4.42 Å². The molecule has 0 unspecified atom stereocenters. The number of furan rings is 1. The van der Waals surface area contributed by atoms with Gasteiger partial charge in [0.15, 0.2) is 0 Å². The van der Waals surface area contributed by atoms with Gasteiger partial charge in [0.05, 0.1) is 12.8 Å². The van der Waals surface area contributed by atoms with Crippen LogP contribution in [0.25, 0.3) is 11.1 Å². The molecule has 1 heterocycles. The smallest absolute Gasteiger partial charge is 0.125 e. The maximum atomic E-state index is 5.47. The molecule has 0 bridgehead atoms. The third-order valence-electron chi connectivity index (χ3n) is 2.97. The molecule has 0 saturated heterocycles. The second-order valence-corrected chi connectivity index (χ2v) is 4.56. The highest BCUT2D eigenvalue weighted by Gasteiger charge is 2.08. The lowest BCUT2D eigenvalue weighted by atomic mass is 9.99. The molecular formula is C15H19NO. The summed E-state index contributed by atoms with van der Waals surface area (Å²) in [4.78, 5) is 0. The number of benzene rings is 1. The first kappa shape index (κ1) is 11.9. The average Bonchev–Trinajstić information content (AvgIpc) is 2.78. The molecule has 1 N–H and O–H groups in total. The summed E-state index contributed by atoms with van der Waals surface area (Å²) < 4.78 is 5.47. The molecule has 90 valence electrons. The van der Waals surface area contributed by atoms with Crippen molar-refractivity contribution in [2.75, 3.05) is 7.05 Å². The highest BCUT2D eigenvalue weighted by molar-refractivity contribution is 5.65. The summed E-state index contributed by atoms with van der Waals surface area (Å²) >= 11 is 0. The molecular weight excluding hydrogens is 210 g/mol. The van der Waals surface area contributed by atoms with Crippen LogP contribution in [0.4, 0.5) is 0 Å². The standard InChI is InChI=1S/C15H19NO/c1-11(2)12-4-6-13(7-5-12)14-8-9-17-15(14)10-16-3/h4-9,11,16H,10H2,1-3H3. The van der Waals surface area contributed by atoms with Crippen molar-refractivity contribution in [3.8, 4) is 11.1 Å². The molecule has 2 nitrogen and oxygen atoms in total. The van der Waals surface area contributed by atoms with Gasteiger partial charge < -0.3 is 9.73 Å². The summed E-state index contributed by atoms with van der Waals surface area (Å²) in [7, 11) is 1.92. The van der Waals surface area contributed by atoms with Crippen molar-refractivity contribution in [1.29, 1.82) is 0 Å². The van der Waals surface area contributed by atoms with E-state index in [-0.39, 0.29) is 0 Å². The van der Waals surface area contributed by atoms with Gasteiger partial charge in [-0.25, -0.2) is 0 Å². The molecule has 17 heavy (non-hydrogen) atoms. The zero-order valence-corrected chi connectivity index (χ0v) is 10.7. The Morgan fingerprint density at radius 1 is 1.12 bits per heavy atom. The molecule has 0 amide bonds. The van der Waals surface area contributed by atoms with E-state index in [0.717, 1.165) is 12.3 Å². The van der Waals surface area contributed by atoms with Gasteiger partial charge in [0.25, 0.3) is 0 Å². The first-order valence-corrected chi connectivity index (χ1v) is 6.03. The minimum absolute atomic E-state index is 0.574. The monoisotopic (exact) mass is 229 g/mol. The molecule has 0 aliphatic heterocycles. The van der Waals surface area contributed by atoms with Crippen molar-refractivity contribution in [3.63, 3.8) is 0 Å². The van der Waals surface area contributed by atoms with Crippen LogP contribution in [0, 0.1) is 0 Å². The van der Waals surface area contributed by atoms with Crippen LogP contribution in [0.1, 0.15) is 31.1 Å². The molecule has 2 aromatic rings. The third kappa shape index (κ3) is 2.59. The minimum atomic E-state index is 0.574. The fourth-order valence-corrected chi connectivity index (χ4v) is 1.94. The number of hydrogen-bond acceptors (Lipinski definition) is 2. The van der Waals surface area contributed by atoms with Crippen LogP contribution in [0.3, 0.4) is 0 Å². The van der Waals surface area contributed by atoms with Crippen LogP contribution in [0.15, 0.2) is 41.0 Å². The number of nitrogens with one attached hydrogen (secondary N) is 1. The van der Waals surface area contributed by atoms with E-state index in [1.807, 2.05) is 13.1 Å². The summed E-state index contributed by atoms with van der Waals surface area (Å²) in [5.41, 5.74) is 3.76. The predicted molar refractivity (Wildman–Crippen MR) is 71.0 cm³/mol. The Morgan fingerprint density at radius 2 is 1.82 bits per heavy atom. The van der Waals surface area contributed by atoms with Crippen LogP contribution < -0.4 is 5.32 Å². The molecule has 0 aliphatic carbocycles. The van der Waals surface area contributed by atoms with Gasteiger partial charge in [-0.3, -0.25) is 0 Å². The Balaban J connectivity index is 2.30. The highest BCUT2D eigenvalue weighted by Crippen LogP contribution is 2.26. The van der Waals surface area contributed by atoms with Gasteiger partial charge in [-0.2, -0.15) is 0 Å². The first-order chi connectivity index (χ1) is 8.22. The van der Waals surface area contributed by atoms with E-state index >= 15 is 0 Å². The molecule has 2 heteroatoms. The summed E-state index contributed by atoms with van der Waals surface area (Å²) in [5, 5.41) is 3.12. The van der Waals surface area contributed by atoms with Crippen molar-refractivity contribution in [1.82, 2.24) is 5.32 Å². The van der Waals surface area contributed by atoms with Crippen molar-refractivity contribution in [2.45, 2.75) is 26.3 Å². The molecule has 0 saturated carbocycles. The van der Waals surface area contributed by atoms with Gasteiger partial charge in [-0.15, -0.1) is 0 Å².